The van der Waals surface area contributed by atoms with Crippen LogP contribution in [-0.2, 0) is 14.0 Å². The van der Waals surface area contributed by atoms with Gasteiger partial charge >= 0.3 is 6.09 Å². The third kappa shape index (κ3) is 5.02. The van der Waals surface area contributed by atoms with Gasteiger partial charge in [0.05, 0.1) is 25.2 Å². The zero-order chi connectivity index (χ0) is 18.2. The zero-order valence-electron chi connectivity index (χ0n) is 15.6. The molecule has 0 aromatic carbocycles. The molecule has 1 aliphatic rings. The highest BCUT2D eigenvalue weighted by molar-refractivity contribution is 6.74. The monoisotopic (exact) mass is 345 g/mol. The van der Waals surface area contributed by atoms with Crippen LogP contribution in [0.2, 0.25) is 18.1 Å². The van der Waals surface area contributed by atoms with E-state index in [0.29, 0.717) is 0 Å². The van der Waals surface area contributed by atoms with Crippen LogP contribution < -0.4 is 0 Å². The Balaban J connectivity index is 2.86. The van der Waals surface area contributed by atoms with E-state index in [9.17, 15) is 14.7 Å². The van der Waals surface area contributed by atoms with Gasteiger partial charge in [0.25, 0.3) is 0 Å². The standard InChI is InChI=1S/C16H31NO5Si/c1-15(2,3)22-14(20)17-11(12(18)9-13(17)19)10-21-23(7,8)16(4,5)6/h11-12,18H,9-10H2,1-8H3/t11-,12+/m1/s1. The van der Waals surface area contributed by atoms with Crippen LogP contribution in [0.15, 0.2) is 0 Å². The molecule has 7 heteroatoms. The lowest BCUT2D eigenvalue weighted by Crippen LogP contribution is -2.50. The number of likely N-dealkylation sites (tertiary alicyclic amines) is 1. The van der Waals surface area contributed by atoms with Gasteiger partial charge in [-0.05, 0) is 38.9 Å². The van der Waals surface area contributed by atoms with E-state index in [1.807, 2.05) is 0 Å². The van der Waals surface area contributed by atoms with Crippen molar-refractivity contribution in [3.63, 3.8) is 0 Å². The molecule has 23 heavy (non-hydrogen) atoms. The summed E-state index contributed by atoms with van der Waals surface area (Å²) in [6.07, 6.45) is -1.72. The van der Waals surface area contributed by atoms with Crippen molar-refractivity contribution in [3.05, 3.63) is 0 Å². The molecule has 0 unspecified atom stereocenters. The normalized spacial score (nSPS) is 23.3. The van der Waals surface area contributed by atoms with E-state index in [1.54, 1.807) is 20.8 Å². The summed E-state index contributed by atoms with van der Waals surface area (Å²) in [5.74, 6) is -0.421. The highest BCUT2D eigenvalue weighted by Crippen LogP contribution is 2.37. The van der Waals surface area contributed by atoms with Crippen molar-refractivity contribution in [2.75, 3.05) is 6.61 Å². The van der Waals surface area contributed by atoms with Gasteiger partial charge in [-0.3, -0.25) is 4.79 Å². The smallest absolute Gasteiger partial charge is 0.417 e. The number of imide groups is 1. The molecule has 6 nitrogen and oxygen atoms in total. The van der Waals surface area contributed by atoms with Gasteiger partial charge in [-0.25, -0.2) is 9.69 Å². The first kappa shape index (κ1) is 20.1. The second-order valence-corrected chi connectivity index (χ2v) is 13.5. The summed E-state index contributed by atoms with van der Waals surface area (Å²) in [6, 6.07) is -0.688. The Morgan fingerprint density at radius 3 is 2.22 bits per heavy atom. The molecule has 1 aliphatic heterocycles. The fraction of sp³-hybridized carbons (Fsp3) is 0.875. The average molecular weight is 346 g/mol. The number of rotatable bonds is 3. The highest BCUT2D eigenvalue weighted by atomic mass is 28.4. The van der Waals surface area contributed by atoms with Gasteiger partial charge in [0.2, 0.25) is 5.91 Å². The van der Waals surface area contributed by atoms with Crippen LogP contribution in [0.4, 0.5) is 4.79 Å². The average Bonchev–Trinajstić information content (AvgIpc) is 2.57. The maximum Gasteiger partial charge on any atom is 0.417 e. The van der Waals surface area contributed by atoms with Crippen molar-refractivity contribution >= 4 is 20.3 Å². The maximum atomic E-state index is 12.3. The Hall–Kier alpha value is -0.923. The van der Waals surface area contributed by atoms with Gasteiger partial charge in [0, 0.05) is 0 Å². The summed E-state index contributed by atoms with van der Waals surface area (Å²) in [7, 11) is -2.04. The maximum absolute atomic E-state index is 12.3. The number of carbonyl (C=O) groups is 2. The molecule has 0 saturated carbocycles. The Kier molecular flexibility index (Phi) is 5.71. The molecule has 0 aromatic rings. The minimum Gasteiger partial charge on any atom is -0.443 e. The molecular formula is C16H31NO5Si. The van der Waals surface area contributed by atoms with Crippen molar-refractivity contribution in [3.8, 4) is 0 Å². The molecule has 0 spiro atoms. The number of aliphatic hydroxyl groups excluding tert-OH is 1. The molecule has 0 bridgehead atoms. The SMILES string of the molecule is CC(C)(C)OC(=O)N1C(=O)C[C@H](O)[C@H]1CO[Si](C)(C)C(C)(C)C. The van der Waals surface area contributed by atoms with Gasteiger partial charge < -0.3 is 14.3 Å². The summed E-state index contributed by atoms with van der Waals surface area (Å²) in [4.78, 5) is 25.4. The molecule has 1 N–H and O–H groups in total. The van der Waals surface area contributed by atoms with Crippen LogP contribution in [0.1, 0.15) is 48.0 Å². The molecule has 2 amide bonds. The van der Waals surface area contributed by atoms with E-state index in [2.05, 4.69) is 33.9 Å². The topological polar surface area (TPSA) is 76.1 Å². The second-order valence-electron chi connectivity index (χ2n) is 8.65. The van der Waals surface area contributed by atoms with Gasteiger partial charge in [-0.2, -0.15) is 0 Å². The van der Waals surface area contributed by atoms with Crippen molar-refractivity contribution in [1.82, 2.24) is 4.90 Å². The third-order valence-electron chi connectivity index (χ3n) is 4.44. The number of carbonyl (C=O) groups excluding carboxylic acids is 2. The van der Waals surface area contributed by atoms with Crippen molar-refractivity contribution in [2.24, 2.45) is 0 Å². The molecule has 0 radical (unpaired) electrons. The Morgan fingerprint density at radius 2 is 1.78 bits per heavy atom. The molecule has 2 atom stereocenters. The molecule has 1 saturated heterocycles. The number of nitrogens with zero attached hydrogens (tertiary/aromatic N) is 1. The van der Waals surface area contributed by atoms with Gasteiger partial charge in [-0.1, -0.05) is 20.8 Å². The Labute approximate surface area is 140 Å². The fourth-order valence-corrected chi connectivity index (χ4v) is 3.03. The van der Waals surface area contributed by atoms with Crippen LogP contribution in [0, 0.1) is 0 Å². The number of hydrogen-bond acceptors (Lipinski definition) is 5. The number of hydrogen-bond donors (Lipinski definition) is 1. The van der Waals surface area contributed by atoms with Gasteiger partial charge in [0.1, 0.15) is 5.60 Å². The minimum atomic E-state index is -2.04. The van der Waals surface area contributed by atoms with Gasteiger partial charge in [0.15, 0.2) is 8.32 Å². The molecule has 134 valence electrons. The summed E-state index contributed by atoms with van der Waals surface area (Å²) in [5.41, 5.74) is -0.699. The molecule has 1 rings (SSSR count). The van der Waals surface area contributed by atoms with Crippen LogP contribution in [0.5, 0.6) is 0 Å². The first-order valence-electron chi connectivity index (χ1n) is 8.03. The first-order chi connectivity index (χ1) is 10.2. The quantitative estimate of drug-likeness (QED) is 0.796. The summed E-state index contributed by atoms with van der Waals surface area (Å²) >= 11 is 0. The van der Waals surface area contributed by atoms with E-state index in [-0.39, 0.29) is 18.1 Å². The lowest BCUT2D eigenvalue weighted by molar-refractivity contribution is -0.128. The van der Waals surface area contributed by atoms with Crippen molar-refractivity contribution in [1.29, 1.82) is 0 Å². The predicted octanol–water partition coefficient (Wildman–Crippen LogP) is 2.91. The zero-order valence-corrected chi connectivity index (χ0v) is 16.6. The van der Waals surface area contributed by atoms with Crippen molar-refractivity contribution < 1.29 is 23.9 Å². The fourth-order valence-electron chi connectivity index (χ4n) is 2.01. The number of amides is 2. The van der Waals surface area contributed by atoms with E-state index >= 15 is 0 Å². The van der Waals surface area contributed by atoms with E-state index in [1.165, 1.54) is 0 Å². The van der Waals surface area contributed by atoms with Crippen LogP contribution in [-0.4, -0.2) is 54.7 Å². The van der Waals surface area contributed by atoms with Crippen LogP contribution in [0.25, 0.3) is 0 Å². The van der Waals surface area contributed by atoms with E-state index in [0.717, 1.165) is 4.90 Å². The third-order valence-corrected chi connectivity index (χ3v) is 8.94. The number of ether oxygens (including phenoxy) is 1. The summed E-state index contributed by atoms with van der Waals surface area (Å²) in [5, 5.41) is 10.2. The molecular weight excluding hydrogens is 314 g/mol. The van der Waals surface area contributed by atoms with E-state index < -0.39 is 38.1 Å². The van der Waals surface area contributed by atoms with Crippen LogP contribution in [0.3, 0.4) is 0 Å². The number of aliphatic hydroxyl groups is 1. The molecule has 1 heterocycles. The lowest BCUT2D eigenvalue weighted by atomic mass is 10.2. The second kappa shape index (κ2) is 6.53. The van der Waals surface area contributed by atoms with E-state index in [4.69, 9.17) is 9.16 Å². The lowest BCUT2D eigenvalue weighted by Gasteiger charge is -2.38. The first-order valence-corrected chi connectivity index (χ1v) is 10.9. The molecule has 1 fully saturated rings. The Morgan fingerprint density at radius 1 is 1.26 bits per heavy atom. The predicted molar refractivity (Wildman–Crippen MR) is 90.6 cm³/mol. The minimum absolute atomic E-state index is 0.0112. The largest absolute Gasteiger partial charge is 0.443 e. The van der Waals surface area contributed by atoms with Crippen molar-refractivity contribution in [2.45, 2.75) is 83.8 Å². The molecule has 0 aromatic heterocycles. The summed E-state index contributed by atoms with van der Waals surface area (Å²) < 4.78 is 11.4. The van der Waals surface area contributed by atoms with Crippen LogP contribution >= 0.6 is 0 Å². The molecule has 0 aliphatic carbocycles. The Bertz CT molecular complexity index is 464. The van der Waals surface area contributed by atoms with Gasteiger partial charge in [-0.15, -0.1) is 0 Å². The highest BCUT2D eigenvalue weighted by Gasteiger charge is 2.46. The summed E-state index contributed by atoms with van der Waals surface area (Å²) in [6.45, 7) is 15.9.